The Morgan fingerprint density at radius 3 is 2.50 bits per heavy atom. The van der Waals surface area contributed by atoms with Crippen molar-refractivity contribution in [3.63, 3.8) is 0 Å². The minimum absolute atomic E-state index is 0.196. The Bertz CT molecular complexity index is 2040. The van der Waals surface area contributed by atoms with Gasteiger partial charge in [0, 0.05) is 16.5 Å². The molecule has 2 aromatic heterocycles. The largest absolute Gasteiger partial charge is 0.493 e. The van der Waals surface area contributed by atoms with Crippen molar-refractivity contribution in [2.75, 3.05) is 20.8 Å². The number of aromatic nitrogens is 2. The monoisotopic (exact) mass is 579 g/mol. The molecule has 6 rings (SSSR count). The summed E-state index contributed by atoms with van der Waals surface area (Å²) in [4.78, 5) is 36.3. The lowest BCUT2D eigenvalue weighted by atomic mass is 9.95. The van der Waals surface area contributed by atoms with Crippen LogP contribution in [0.2, 0.25) is 0 Å². The number of allylic oxidation sites excluding steroid dienone is 1. The molecular weight excluding hydrogens is 550 g/mol. The molecular formula is C33H29N3O5S. The van der Waals surface area contributed by atoms with E-state index in [2.05, 4.69) is 4.98 Å². The van der Waals surface area contributed by atoms with Crippen LogP contribution in [0.5, 0.6) is 11.5 Å². The Balaban J connectivity index is 1.61. The van der Waals surface area contributed by atoms with E-state index >= 15 is 0 Å². The number of fused-ring (bicyclic) bond motifs is 2. The quantitative estimate of drug-likeness (QED) is 0.275. The van der Waals surface area contributed by atoms with Crippen LogP contribution < -0.4 is 24.4 Å². The highest BCUT2D eigenvalue weighted by Gasteiger charge is 2.34. The second-order valence-electron chi connectivity index (χ2n) is 9.74. The van der Waals surface area contributed by atoms with Crippen LogP contribution in [0.3, 0.4) is 0 Å². The number of benzene rings is 3. The van der Waals surface area contributed by atoms with Gasteiger partial charge in [0.1, 0.15) is 0 Å². The molecule has 9 heteroatoms. The Hall–Kier alpha value is -4.89. The maximum Gasteiger partial charge on any atom is 0.338 e. The van der Waals surface area contributed by atoms with Crippen LogP contribution in [0.25, 0.3) is 28.2 Å². The number of esters is 1. The van der Waals surface area contributed by atoms with Gasteiger partial charge in [-0.05, 0) is 49.2 Å². The third kappa shape index (κ3) is 4.61. The van der Waals surface area contributed by atoms with Gasteiger partial charge in [-0.3, -0.25) is 9.36 Å². The van der Waals surface area contributed by atoms with Crippen molar-refractivity contribution >= 4 is 34.3 Å². The van der Waals surface area contributed by atoms with Gasteiger partial charge in [-0.2, -0.15) is 0 Å². The second kappa shape index (κ2) is 11.2. The molecule has 0 fully saturated rings. The van der Waals surface area contributed by atoms with Gasteiger partial charge >= 0.3 is 5.97 Å². The van der Waals surface area contributed by atoms with Crippen molar-refractivity contribution in [3.8, 4) is 22.8 Å². The molecule has 0 saturated carbocycles. The van der Waals surface area contributed by atoms with Gasteiger partial charge < -0.3 is 19.2 Å². The smallest absolute Gasteiger partial charge is 0.338 e. The molecule has 3 aromatic carbocycles. The number of rotatable bonds is 7. The summed E-state index contributed by atoms with van der Waals surface area (Å²) in [6, 6.07) is 22.7. The summed E-state index contributed by atoms with van der Waals surface area (Å²) < 4.78 is 18.5. The zero-order chi connectivity index (χ0) is 29.4. The lowest BCUT2D eigenvalue weighted by Crippen LogP contribution is -2.40. The van der Waals surface area contributed by atoms with Gasteiger partial charge in [-0.15, -0.1) is 0 Å². The third-order valence-electron chi connectivity index (χ3n) is 7.32. The van der Waals surface area contributed by atoms with Crippen LogP contribution in [-0.2, 0) is 9.53 Å². The molecule has 212 valence electrons. The fourth-order valence-corrected chi connectivity index (χ4v) is 6.44. The van der Waals surface area contributed by atoms with Crippen molar-refractivity contribution in [2.45, 2.75) is 19.9 Å². The fourth-order valence-electron chi connectivity index (χ4n) is 5.41. The maximum atomic E-state index is 14.3. The SMILES string of the molecule is CCOC(=O)C1=C(C)N=c2s/c(=C\c3c(-c4ccccc4)[nH]c4ccccc34)c(=O)n2C1c1ccc(OC)c(OC)c1. The first-order valence-corrected chi connectivity index (χ1v) is 14.3. The summed E-state index contributed by atoms with van der Waals surface area (Å²) >= 11 is 1.29. The number of thiazole rings is 1. The summed E-state index contributed by atoms with van der Waals surface area (Å²) in [5, 5.41) is 1.00. The van der Waals surface area contributed by atoms with Crippen LogP contribution in [0.1, 0.15) is 31.0 Å². The van der Waals surface area contributed by atoms with Crippen molar-refractivity contribution in [1.29, 1.82) is 0 Å². The standard InChI is InChI=1S/C33H29N3O5S/c1-5-41-32(38)28-19(2)34-33-36(30(28)21-15-16-25(39-3)26(17-21)40-4)31(37)27(42-33)18-23-22-13-9-10-14-24(22)35-29(23)20-11-7-6-8-12-20/h6-18,30,35H,5H2,1-4H3/b27-18-. The minimum Gasteiger partial charge on any atom is -0.493 e. The molecule has 1 N–H and O–H groups in total. The first-order chi connectivity index (χ1) is 20.4. The predicted octanol–water partition coefficient (Wildman–Crippen LogP) is 4.96. The number of H-pyrrole nitrogens is 1. The Morgan fingerprint density at radius 2 is 1.76 bits per heavy atom. The number of hydrogen-bond acceptors (Lipinski definition) is 7. The van der Waals surface area contributed by atoms with Crippen LogP contribution >= 0.6 is 11.3 Å². The molecule has 3 heterocycles. The highest BCUT2D eigenvalue weighted by Crippen LogP contribution is 2.36. The second-order valence-corrected chi connectivity index (χ2v) is 10.8. The molecule has 8 nitrogen and oxygen atoms in total. The zero-order valence-corrected chi connectivity index (χ0v) is 24.5. The van der Waals surface area contributed by atoms with Crippen LogP contribution in [-0.4, -0.2) is 36.3 Å². The molecule has 1 aliphatic heterocycles. The zero-order valence-electron chi connectivity index (χ0n) is 23.6. The van der Waals surface area contributed by atoms with Gasteiger partial charge in [0.25, 0.3) is 5.56 Å². The number of ether oxygens (including phenoxy) is 3. The van der Waals surface area contributed by atoms with Gasteiger partial charge in [-0.1, -0.05) is 65.9 Å². The normalized spacial score (nSPS) is 15.0. The van der Waals surface area contributed by atoms with Crippen LogP contribution in [0, 0.1) is 0 Å². The van der Waals surface area contributed by atoms with Crippen molar-refractivity contribution in [2.24, 2.45) is 4.99 Å². The molecule has 0 radical (unpaired) electrons. The first-order valence-electron chi connectivity index (χ1n) is 13.5. The molecule has 0 amide bonds. The van der Waals surface area contributed by atoms with Gasteiger partial charge in [0.2, 0.25) is 0 Å². The molecule has 0 saturated heterocycles. The summed E-state index contributed by atoms with van der Waals surface area (Å²) in [6.07, 6.45) is 1.92. The molecule has 1 aliphatic rings. The molecule has 5 aromatic rings. The van der Waals surface area contributed by atoms with Gasteiger partial charge in [-0.25, -0.2) is 9.79 Å². The molecule has 1 unspecified atom stereocenters. The van der Waals surface area contributed by atoms with E-state index in [0.717, 1.165) is 27.7 Å². The Morgan fingerprint density at radius 1 is 1.02 bits per heavy atom. The first kappa shape index (κ1) is 27.3. The van der Waals surface area contributed by atoms with E-state index < -0.39 is 12.0 Å². The highest BCUT2D eigenvalue weighted by molar-refractivity contribution is 7.07. The number of hydrogen-bond donors (Lipinski definition) is 1. The number of nitrogens with zero attached hydrogens (tertiary/aromatic N) is 2. The van der Waals surface area contributed by atoms with E-state index in [9.17, 15) is 9.59 Å². The lowest BCUT2D eigenvalue weighted by Gasteiger charge is -2.25. The lowest BCUT2D eigenvalue weighted by molar-refractivity contribution is -0.139. The van der Waals surface area contributed by atoms with Crippen molar-refractivity contribution < 1.29 is 19.0 Å². The van der Waals surface area contributed by atoms with E-state index in [1.165, 1.54) is 11.3 Å². The molecule has 0 spiro atoms. The average Bonchev–Trinajstić information content (AvgIpc) is 3.53. The van der Waals surface area contributed by atoms with Crippen LogP contribution in [0.15, 0.2) is 93.9 Å². The highest BCUT2D eigenvalue weighted by atomic mass is 32.1. The molecule has 1 atom stereocenters. The topological polar surface area (TPSA) is 94.9 Å². The minimum atomic E-state index is -0.765. The van der Waals surface area contributed by atoms with Crippen molar-refractivity contribution in [1.82, 2.24) is 9.55 Å². The summed E-state index contributed by atoms with van der Waals surface area (Å²) in [7, 11) is 3.11. The number of carbonyl (C=O) groups excluding carboxylic acids is 1. The third-order valence-corrected chi connectivity index (χ3v) is 8.31. The molecule has 0 bridgehead atoms. The molecule has 42 heavy (non-hydrogen) atoms. The van der Waals surface area contributed by atoms with E-state index in [4.69, 9.17) is 19.2 Å². The van der Waals surface area contributed by atoms with Gasteiger partial charge in [0.15, 0.2) is 16.3 Å². The Kier molecular flexibility index (Phi) is 7.26. The predicted molar refractivity (Wildman–Crippen MR) is 164 cm³/mol. The van der Waals surface area contributed by atoms with Crippen LogP contribution in [0.4, 0.5) is 0 Å². The van der Waals surface area contributed by atoms with Gasteiger partial charge in [0.05, 0.1) is 48.4 Å². The summed E-state index contributed by atoms with van der Waals surface area (Å²) in [5.41, 5.74) is 5.04. The number of methoxy groups -OCH3 is 2. The number of carbonyl (C=O) groups is 1. The fraction of sp³-hybridized carbons (Fsp3) is 0.182. The van der Waals surface area contributed by atoms with E-state index in [1.807, 2.05) is 66.7 Å². The Labute approximate surface area is 245 Å². The number of aromatic amines is 1. The molecule has 0 aliphatic carbocycles. The average molecular weight is 580 g/mol. The summed E-state index contributed by atoms with van der Waals surface area (Å²) in [5.74, 6) is 0.511. The number of para-hydroxylation sites is 1. The van der Waals surface area contributed by atoms with Crippen molar-refractivity contribution in [3.05, 3.63) is 115 Å². The van der Waals surface area contributed by atoms with E-state index in [-0.39, 0.29) is 12.2 Å². The maximum absolute atomic E-state index is 14.3. The summed E-state index contributed by atoms with van der Waals surface area (Å²) in [6.45, 7) is 3.71. The number of nitrogens with one attached hydrogen (secondary N) is 1. The van der Waals surface area contributed by atoms with E-state index in [0.29, 0.717) is 37.7 Å². The van der Waals surface area contributed by atoms with E-state index in [1.54, 1.807) is 44.8 Å².